The SMILES string of the molecule is CC1CCc2sc(C(=O)N3CC(C)CC(C(=O)O)C3)cc2C1. The molecule has 2 heterocycles. The number of fused-ring (bicyclic) bond motifs is 1. The number of carboxylic acid groups (broad SMARTS) is 1. The molecule has 1 fully saturated rings. The van der Waals surface area contributed by atoms with Crippen molar-refractivity contribution < 1.29 is 14.7 Å². The topological polar surface area (TPSA) is 57.6 Å². The number of thiophene rings is 1. The summed E-state index contributed by atoms with van der Waals surface area (Å²) >= 11 is 1.61. The van der Waals surface area contributed by atoms with Crippen LogP contribution in [0, 0.1) is 17.8 Å². The molecule has 5 heteroatoms. The molecule has 1 aliphatic carbocycles. The second-order valence-corrected chi connectivity index (χ2v) is 8.13. The Bertz CT molecular complexity index is 595. The van der Waals surface area contributed by atoms with Crippen molar-refractivity contribution in [2.75, 3.05) is 13.1 Å². The standard InChI is InChI=1S/C17H23NO3S/c1-10-3-4-14-12(5-10)7-15(22-14)16(19)18-8-11(2)6-13(9-18)17(20)21/h7,10-11,13H,3-6,8-9H2,1-2H3,(H,20,21). The van der Waals surface area contributed by atoms with E-state index in [-0.39, 0.29) is 11.8 Å². The van der Waals surface area contributed by atoms with Crippen molar-refractivity contribution in [3.05, 3.63) is 21.4 Å². The Morgan fingerprint density at radius 1 is 1.27 bits per heavy atom. The first-order valence-electron chi connectivity index (χ1n) is 8.07. The minimum Gasteiger partial charge on any atom is -0.481 e. The van der Waals surface area contributed by atoms with Gasteiger partial charge in [0.25, 0.3) is 5.91 Å². The first-order chi connectivity index (χ1) is 10.4. The van der Waals surface area contributed by atoms with E-state index in [9.17, 15) is 14.7 Å². The number of aliphatic carboxylic acids is 1. The number of likely N-dealkylation sites (tertiary alicyclic amines) is 1. The third-order valence-corrected chi connectivity index (χ3v) is 6.06. The molecule has 1 N–H and O–H groups in total. The predicted octanol–water partition coefficient (Wildman–Crippen LogP) is 3.06. The second kappa shape index (κ2) is 6.03. The lowest BCUT2D eigenvalue weighted by Gasteiger charge is -2.34. The van der Waals surface area contributed by atoms with E-state index in [2.05, 4.69) is 6.92 Å². The Morgan fingerprint density at radius 3 is 2.77 bits per heavy atom. The number of piperidine rings is 1. The van der Waals surface area contributed by atoms with Crippen molar-refractivity contribution in [1.29, 1.82) is 0 Å². The van der Waals surface area contributed by atoms with Crippen LogP contribution in [0.4, 0.5) is 0 Å². The van der Waals surface area contributed by atoms with Gasteiger partial charge in [-0.2, -0.15) is 0 Å². The van der Waals surface area contributed by atoms with Crippen LogP contribution in [0.5, 0.6) is 0 Å². The molecule has 22 heavy (non-hydrogen) atoms. The summed E-state index contributed by atoms with van der Waals surface area (Å²) in [4.78, 5) is 27.9. The molecule has 0 bridgehead atoms. The maximum Gasteiger partial charge on any atom is 0.308 e. The zero-order valence-electron chi connectivity index (χ0n) is 13.2. The van der Waals surface area contributed by atoms with Gasteiger partial charge in [-0.1, -0.05) is 13.8 Å². The third-order valence-electron chi connectivity index (χ3n) is 4.84. The molecule has 1 aromatic heterocycles. The van der Waals surface area contributed by atoms with Crippen LogP contribution in [-0.2, 0) is 17.6 Å². The fourth-order valence-electron chi connectivity index (χ4n) is 3.66. The quantitative estimate of drug-likeness (QED) is 0.911. The Balaban J connectivity index is 1.77. The summed E-state index contributed by atoms with van der Waals surface area (Å²) in [6, 6.07) is 2.05. The highest BCUT2D eigenvalue weighted by molar-refractivity contribution is 7.14. The van der Waals surface area contributed by atoms with Crippen LogP contribution in [-0.4, -0.2) is 35.0 Å². The fraction of sp³-hybridized carbons (Fsp3) is 0.647. The van der Waals surface area contributed by atoms with Gasteiger partial charge in [-0.15, -0.1) is 11.3 Å². The van der Waals surface area contributed by atoms with E-state index in [1.54, 1.807) is 16.2 Å². The third kappa shape index (κ3) is 3.05. The zero-order chi connectivity index (χ0) is 15.9. The van der Waals surface area contributed by atoms with Gasteiger partial charge in [-0.3, -0.25) is 9.59 Å². The number of nitrogens with zero attached hydrogens (tertiary/aromatic N) is 1. The lowest BCUT2D eigenvalue weighted by Crippen LogP contribution is -2.45. The minimum absolute atomic E-state index is 0.0184. The Hall–Kier alpha value is -1.36. The zero-order valence-corrected chi connectivity index (χ0v) is 14.0. The molecule has 1 amide bonds. The Labute approximate surface area is 135 Å². The van der Waals surface area contributed by atoms with Crippen LogP contribution in [0.25, 0.3) is 0 Å². The fourth-order valence-corrected chi connectivity index (χ4v) is 4.84. The van der Waals surface area contributed by atoms with Crippen LogP contribution in [0.2, 0.25) is 0 Å². The van der Waals surface area contributed by atoms with E-state index >= 15 is 0 Å². The molecule has 4 nitrogen and oxygen atoms in total. The number of hydrogen-bond donors (Lipinski definition) is 1. The molecule has 2 aliphatic rings. The molecule has 0 aromatic carbocycles. The molecular formula is C17H23NO3S. The average Bonchev–Trinajstić information content (AvgIpc) is 2.88. The molecule has 1 saturated heterocycles. The van der Waals surface area contributed by atoms with E-state index in [4.69, 9.17) is 0 Å². The summed E-state index contributed by atoms with van der Waals surface area (Å²) in [5.41, 5.74) is 1.33. The van der Waals surface area contributed by atoms with Crippen molar-refractivity contribution >= 4 is 23.2 Å². The van der Waals surface area contributed by atoms with Gasteiger partial charge < -0.3 is 10.0 Å². The molecule has 0 radical (unpaired) electrons. The lowest BCUT2D eigenvalue weighted by atomic mass is 9.89. The Kier molecular flexibility index (Phi) is 4.26. The normalized spacial score (nSPS) is 28.3. The Morgan fingerprint density at radius 2 is 2.05 bits per heavy atom. The van der Waals surface area contributed by atoms with Gasteiger partial charge in [0.05, 0.1) is 10.8 Å². The van der Waals surface area contributed by atoms with Gasteiger partial charge in [0.15, 0.2) is 0 Å². The molecule has 0 spiro atoms. The summed E-state index contributed by atoms with van der Waals surface area (Å²) in [6.45, 7) is 5.29. The molecule has 120 valence electrons. The second-order valence-electron chi connectivity index (χ2n) is 6.99. The van der Waals surface area contributed by atoms with Crippen molar-refractivity contribution in [2.24, 2.45) is 17.8 Å². The molecule has 3 unspecified atom stereocenters. The van der Waals surface area contributed by atoms with Gasteiger partial charge in [0, 0.05) is 18.0 Å². The van der Waals surface area contributed by atoms with Crippen molar-refractivity contribution in [1.82, 2.24) is 4.90 Å². The van der Waals surface area contributed by atoms with E-state index in [1.165, 1.54) is 16.9 Å². The highest BCUT2D eigenvalue weighted by atomic mass is 32.1. The molecule has 1 aromatic rings. The maximum atomic E-state index is 12.8. The van der Waals surface area contributed by atoms with Gasteiger partial charge in [-0.25, -0.2) is 0 Å². The van der Waals surface area contributed by atoms with Gasteiger partial charge in [-0.05, 0) is 49.1 Å². The molecule has 3 atom stereocenters. The van der Waals surface area contributed by atoms with Crippen molar-refractivity contribution in [2.45, 2.75) is 39.5 Å². The summed E-state index contributed by atoms with van der Waals surface area (Å²) in [6.07, 6.45) is 4.00. The van der Waals surface area contributed by atoms with E-state index in [1.807, 2.05) is 13.0 Å². The number of carbonyl (C=O) groups excluding carboxylic acids is 1. The van der Waals surface area contributed by atoms with E-state index in [0.29, 0.717) is 25.4 Å². The molecular weight excluding hydrogens is 298 g/mol. The van der Waals surface area contributed by atoms with Gasteiger partial charge >= 0.3 is 5.97 Å². The number of amides is 1. The monoisotopic (exact) mass is 321 g/mol. The smallest absolute Gasteiger partial charge is 0.308 e. The average molecular weight is 321 g/mol. The number of aryl methyl sites for hydroxylation is 1. The van der Waals surface area contributed by atoms with Crippen LogP contribution < -0.4 is 0 Å². The van der Waals surface area contributed by atoms with E-state index < -0.39 is 11.9 Å². The summed E-state index contributed by atoms with van der Waals surface area (Å²) in [5.74, 6) is -0.263. The van der Waals surface area contributed by atoms with Crippen LogP contribution in [0.3, 0.4) is 0 Å². The van der Waals surface area contributed by atoms with Gasteiger partial charge in [0.2, 0.25) is 0 Å². The first kappa shape index (κ1) is 15.5. The highest BCUT2D eigenvalue weighted by Crippen LogP contribution is 2.33. The first-order valence-corrected chi connectivity index (χ1v) is 8.89. The number of hydrogen-bond acceptors (Lipinski definition) is 3. The number of carboxylic acids is 1. The molecule has 0 saturated carbocycles. The summed E-state index contributed by atoms with van der Waals surface area (Å²) in [7, 11) is 0. The van der Waals surface area contributed by atoms with Crippen LogP contribution >= 0.6 is 11.3 Å². The molecule has 1 aliphatic heterocycles. The highest BCUT2D eigenvalue weighted by Gasteiger charge is 2.33. The van der Waals surface area contributed by atoms with Crippen LogP contribution in [0.15, 0.2) is 6.07 Å². The predicted molar refractivity (Wildman–Crippen MR) is 86.3 cm³/mol. The largest absolute Gasteiger partial charge is 0.481 e. The molecule has 3 rings (SSSR count). The van der Waals surface area contributed by atoms with Crippen LogP contribution in [0.1, 0.15) is 46.8 Å². The van der Waals surface area contributed by atoms with Crippen molar-refractivity contribution in [3.8, 4) is 0 Å². The van der Waals surface area contributed by atoms with Crippen molar-refractivity contribution in [3.63, 3.8) is 0 Å². The summed E-state index contributed by atoms with van der Waals surface area (Å²) < 4.78 is 0. The maximum absolute atomic E-state index is 12.8. The lowest BCUT2D eigenvalue weighted by molar-refractivity contribution is -0.143. The van der Waals surface area contributed by atoms with E-state index in [0.717, 1.165) is 17.7 Å². The number of rotatable bonds is 2. The minimum atomic E-state index is -0.788. The number of carbonyl (C=O) groups is 2. The van der Waals surface area contributed by atoms with Gasteiger partial charge in [0.1, 0.15) is 0 Å². The summed E-state index contributed by atoms with van der Waals surface area (Å²) in [5, 5.41) is 9.25.